The molecule has 1 aromatic carbocycles. The predicted octanol–water partition coefficient (Wildman–Crippen LogP) is 4.11. The zero-order valence-electron chi connectivity index (χ0n) is 10.7. The molecule has 0 unspecified atom stereocenters. The number of rotatable bonds is 2. The van der Waals surface area contributed by atoms with Gasteiger partial charge in [-0.25, -0.2) is 4.98 Å². The Morgan fingerprint density at radius 2 is 1.59 bits per heavy atom. The number of benzene rings is 1. The van der Waals surface area contributed by atoms with Crippen molar-refractivity contribution >= 4 is 0 Å². The molecule has 2 rings (SSSR count). The Morgan fingerprint density at radius 1 is 0.941 bits per heavy atom. The number of hydrogen-bond acceptors (Lipinski definition) is 2. The number of aryl methyl sites for hydroxylation is 4. The van der Waals surface area contributed by atoms with E-state index in [-0.39, 0.29) is 0 Å². The molecule has 2 aromatic rings. The van der Waals surface area contributed by atoms with Gasteiger partial charge in [0.15, 0.2) is 0 Å². The summed E-state index contributed by atoms with van der Waals surface area (Å²) in [5.41, 5.74) is 4.51. The lowest BCUT2D eigenvalue weighted by molar-refractivity contribution is 0.454. The number of hydrogen-bond donors (Lipinski definition) is 0. The summed E-state index contributed by atoms with van der Waals surface area (Å²) in [6.45, 7) is 8.17. The van der Waals surface area contributed by atoms with Crippen LogP contribution in [0.5, 0.6) is 11.6 Å². The van der Waals surface area contributed by atoms with Crippen molar-refractivity contribution in [2.75, 3.05) is 0 Å². The van der Waals surface area contributed by atoms with Crippen LogP contribution >= 0.6 is 0 Å². The maximum Gasteiger partial charge on any atom is 0.219 e. The molecule has 0 bridgehead atoms. The molecule has 0 aliphatic rings. The Hall–Kier alpha value is -1.83. The van der Waals surface area contributed by atoms with Crippen LogP contribution in [0.25, 0.3) is 0 Å². The lowest BCUT2D eigenvalue weighted by atomic mass is 10.1. The lowest BCUT2D eigenvalue weighted by Crippen LogP contribution is -1.94. The van der Waals surface area contributed by atoms with Crippen molar-refractivity contribution in [1.82, 2.24) is 4.98 Å². The van der Waals surface area contributed by atoms with E-state index in [0.29, 0.717) is 5.88 Å². The van der Waals surface area contributed by atoms with Gasteiger partial charge in [-0.1, -0.05) is 23.8 Å². The first-order valence-corrected chi connectivity index (χ1v) is 5.75. The van der Waals surface area contributed by atoms with Crippen molar-refractivity contribution in [3.63, 3.8) is 0 Å². The number of ether oxygens (including phenoxy) is 1. The van der Waals surface area contributed by atoms with Gasteiger partial charge in [0, 0.05) is 11.8 Å². The van der Waals surface area contributed by atoms with E-state index in [0.717, 1.165) is 22.6 Å². The van der Waals surface area contributed by atoms with Crippen LogP contribution in [-0.2, 0) is 0 Å². The minimum Gasteiger partial charge on any atom is -0.438 e. The van der Waals surface area contributed by atoms with Crippen molar-refractivity contribution in [2.24, 2.45) is 0 Å². The summed E-state index contributed by atoms with van der Waals surface area (Å²) < 4.78 is 5.86. The summed E-state index contributed by atoms with van der Waals surface area (Å²) >= 11 is 0. The molecule has 1 heterocycles. The fourth-order valence-electron chi connectivity index (χ4n) is 2.01. The average molecular weight is 227 g/mol. The van der Waals surface area contributed by atoms with Crippen LogP contribution < -0.4 is 4.74 Å². The third-order valence-corrected chi connectivity index (χ3v) is 2.67. The molecule has 2 heteroatoms. The maximum atomic E-state index is 5.86. The normalized spacial score (nSPS) is 10.4. The first kappa shape index (κ1) is 11.6. The molecule has 1 aromatic heterocycles. The van der Waals surface area contributed by atoms with Crippen molar-refractivity contribution in [3.8, 4) is 11.6 Å². The summed E-state index contributed by atoms with van der Waals surface area (Å²) in [6, 6.07) is 10.0. The Kier molecular flexibility index (Phi) is 3.14. The largest absolute Gasteiger partial charge is 0.438 e. The van der Waals surface area contributed by atoms with Crippen LogP contribution in [-0.4, -0.2) is 4.98 Å². The molecule has 0 aliphatic carbocycles. The van der Waals surface area contributed by atoms with E-state index >= 15 is 0 Å². The minimum atomic E-state index is 0.653. The highest BCUT2D eigenvalue weighted by atomic mass is 16.5. The van der Waals surface area contributed by atoms with Crippen molar-refractivity contribution in [2.45, 2.75) is 27.7 Å². The fraction of sp³-hybridized carbons (Fsp3) is 0.267. The molecule has 88 valence electrons. The van der Waals surface area contributed by atoms with E-state index < -0.39 is 0 Å². The quantitative estimate of drug-likeness (QED) is 0.770. The van der Waals surface area contributed by atoms with E-state index in [9.17, 15) is 0 Å². The zero-order valence-corrected chi connectivity index (χ0v) is 10.7. The van der Waals surface area contributed by atoms with Gasteiger partial charge in [-0.2, -0.15) is 0 Å². The number of pyridine rings is 1. The Bertz CT molecular complexity index is 523. The van der Waals surface area contributed by atoms with E-state index in [1.54, 1.807) is 0 Å². The van der Waals surface area contributed by atoms with Crippen LogP contribution in [0.3, 0.4) is 0 Å². The molecule has 0 saturated heterocycles. The monoisotopic (exact) mass is 227 g/mol. The SMILES string of the molecule is Cc1cc(C)c(Oc2cccc(C)n2)c(C)c1. The summed E-state index contributed by atoms with van der Waals surface area (Å²) in [5.74, 6) is 1.56. The van der Waals surface area contributed by atoms with E-state index in [4.69, 9.17) is 4.74 Å². The molecule has 0 amide bonds. The number of aromatic nitrogens is 1. The van der Waals surface area contributed by atoms with Gasteiger partial charge < -0.3 is 4.74 Å². The highest BCUT2D eigenvalue weighted by molar-refractivity contribution is 5.44. The predicted molar refractivity (Wildman–Crippen MR) is 69.7 cm³/mol. The van der Waals surface area contributed by atoms with Crippen molar-refractivity contribution < 1.29 is 4.74 Å². The van der Waals surface area contributed by atoms with Crippen LogP contribution in [0.4, 0.5) is 0 Å². The molecule has 2 nitrogen and oxygen atoms in total. The Labute approximate surface area is 102 Å². The van der Waals surface area contributed by atoms with Crippen LogP contribution in [0.2, 0.25) is 0 Å². The first-order chi connectivity index (χ1) is 8.06. The van der Waals surface area contributed by atoms with Gasteiger partial charge in [-0.15, -0.1) is 0 Å². The van der Waals surface area contributed by atoms with Crippen molar-refractivity contribution in [3.05, 3.63) is 52.7 Å². The Morgan fingerprint density at radius 3 is 2.18 bits per heavy atom. The van der Waals surface area contributed by atoms with Gasteiger partial charge in [0.1, 0.15) is 5.75 Å². The third-order valence-electron chi connectivity index (χ3n) is 2.67. The molecule has 0 N–H and O–H groups in total. The maximum absolute atomic E-state index is 5.86. The molecule has 0 radical (unpaired) electrons. The second kappa shape index (κ2) is 4.58. The highest BCUT2D eigenvalue weighted by Gasteiger charge is 2.07. The summed E-state index contributed by atoms with van der Waals surface area (Å²) in [7, 11) is 0. The number of nitrogens with zero attached hydrogens (tertiary/aromatic N) is 1. The smallest absolute Gasteiger partial charge is 0.219 e. The van der Waals surface area contributed by atoms with Crippen LogP contribution in [0, 0.1) is 27.7 Å². The second-order valence-corrected chi connectivity index (χ2v) is 4.45. The molecule has 17 heavy (non-hydrogen) atoms. The van der Waals surface area contributed by atoms with E-state index in [1.807, 2.05) is 25.1 Å². The minimum absolute atomic E-state index is 0.653. The molecular weight excluding hydrogens is 210 g/mol. The topological polar surface area (TPSA) is 22.1 Å². The van der Waals surface area contributed by atoms with Gasteiger partial charge in [-0.05, 0) is 44.9 Å². The molecule has 0 fully saturated rings. The average Bonchev–Trinajstić information content (AvgIpc) is 2.23. The van der Waals surface area contributed by atoms with E-state index in [1.165, 1.54) is 5.56 Å². The van der Waals surface area contributed by atoms with Crippen LogP contribution in [0.15, 0.2) is 30.3 Å². The second-order valence-electron chi connectivity index (χ2n) is 4.45. The van der Waals surface area contributed by atoms with Gasteiger partial charge in [-0.3, -0.25) is 0 Å². The molecule has 0 saturated carbocycles. The molecular formula is C15H17NO. The third kappa shape index (κ3) is 2.64. The van der Waals surface area contributed by atoms with Gasteiger partial charge >= 0.3 is 0 Å². The lowest BCUT2D eigenvalue weighted by Gasteiger charge is -2.12. The van der Waals surface area contributed by atoms with Crippen molar-refractivity contribution in [1.29, 1.82) is 0 Å². The standard InChI is InChI=1S/C15H17NO/c1-10-8-11(2)15(12(3)9-10)17-14-7-5-6-13(4)16-14/h5-9H,1-4H3. The fourth-order valence-corrected chi connectivity index (χ4v) is 2.01. The first-order valence-electron chi connectivity index (χ1n) is 5.75. The Balaban J connectivity index is 2.36. The van der Waals surface area contributed by atoms with Crippen LogP contribution in [0.1, 0.15) is 22.4 Å². The highest BCUT2D eigenvalue weighted by Crippen LogP contribution is 2.28. The van der Waals surface area contributed by atoms with Gasteiger partial charge in [0.05, 0.1) is 0 Å². The summed E-state index contributed by atoms with van der Waals surface area (Å²) in [4.78, 5) is 4.35. The summed E-state index contributed by atoms with van der Waals surface area (Å²) in [6.07, 6.45) is 0. The van der Waals surface area contributed by atoms with Gasteiger partial charge in [0.25, 0.3) is 0 Å². The molecule has 0 spiro atoms. The van der Waals surface area contributed by atoms with Gasteiger partial charge in [0.2, 0.25) is 5.88 Å². The van der Waals surface area contributed by atoms with E-state index in [2.05, 4.69) is 37.9 Å². The summed E-state index contributed by atoms with van der Waals surface area (Å²) in [5, 5.41) is 0. The zero-order chi connectivity index (χ0) is 12.4. The molecule has 0 aliphatic heterocycles. The molecule has 0 atom stereocenters.